The molecule has 23 heavy (non-hydrogen) atoms. The lowest BCUT2D eigenvalue weighted by atomic mass is 10.2. The minimum Gasteiger partial charge on any atom is -0.353 e. The van der Waals surface area contributed by atoms with Gasteiger partial charge in [0.25, 0.3) is 0 Å². The highest BCUT2D eigenvalue weighted by Crippen LogP contribution is 2.16. The lowest BCUT2D eigenvalue weighted by Crippen LogP contribution is -2.39. The number of nitrogens with zero attached hydrogens (tertiary/aromatic N) is 2. The van der Waals surface area contributed by atoms with E-state index < -0.39 is 10.0 Å². The molecule has 0 saturated heterocycles. The van der Waals surface area contributed by atoms with Crippen molar-refractivity contribution in [2.75, 3.05) is 27.2 Å². The number of nitrogens with one attached hydrogen (secondary N) is 1. The zero-order valence-electron chi connectivity index (χ0n) is 14.5. The molecule has 1 aromatic carbocycles. The van der Waals surface area contributed by atoms with Gasteiger partial charge in [-0.2, -0.15) is 0 Å². The molecule has 1 rings (SSSR count). The smallest absolute Gasteiger partial charge is 0.242 e. The van der Waals surface area contributed by atoms with E-state index in [0.29, 0.717) is 19.6 Å². The van der Waals surface area contributed by atoms with E-state index in [9.17, 15) is 13.2 Å². The minimum atomic E-state index is -3.45. The first kappa shape index (κ1) is 19.6. The lowest BCUT2D eigenvalue weighted by Gasteiger charge is -2.21. The Morgan fingerprint density at radius 3 is 2.43 bits per heavy atom. The van der Waals surface area contributed by atoms with E-state index in [-0.39, 0.29) is 16.8 Å². The molecule has 1 aromatic rings. The molecule has 1 amide bonds. The van der Waals surface area contributed by atoms with Gasteiger partial charge in [-0.15, -0.1) is 0 Å². The fourth-order valence-electron chi connectivity index (χ4n) is 2.12. The molecule has 0 aromatic heterocycles. The summed E-state index contributed by atoms with van der Waals surface area (Å²) in [6.45, 7) is 7.34. The highest BCUT2D eigenvalue weighted by Gasteiger charge is 2.18. The van der Waals surface area contributed by atoms with Crippen LogP contribution < -0.4 is 5.32 Å². The second-order valence-electron chi connectivity index (χ2n) is 5.96. The van der Waals surface area contributed by atoms with E-state index in [1.165, 1.54) is 18.4 Å². The van der Waals surface area contributed by atoms with Crippen molar-refractivity contribution in [1.29, 1.82) is 0 Å². The molecule has 130 valence electrons. The van der Waals surface area contributed by atoms with Gasteiger partial charge < -0.3 is 5.32 Å². The third-order valence-corrected chi connectivity index (χ3v) is 5.16. The van der Waals surface area contributed by atoms with Gasteiger partial charge in [-0.3, -0.25) is 9.69 Å². The largest absolute Gasteiger partial charge is 0.353 e. The van der Waals surface area contributed by atoms with Crippen LogP contribution in [0.3, 0.4) is 0 Å². The van der Waals surface area contributed by atoms with Gasteiger partial charge in [0.2, 0.25) is 15.9 Å². The topological polar surface area (TPSA) is 69.7 Å². The molecule has 0 radical (unpaired) electrons. The van der Waals surface area contributed by atoms with Crippen LogP contribution in [-0.2, 0) is 21.4 Å². The van der Waals surface area contributed by atoms with Crippen LogP contribution in [0.5, 0.6) is 0 Å². The summed E-state index contributed by atoms with van der Waals surface area (Å²) in [4.78, 5) is 14.1. The number of likely N-dealkylation sites (N-methyl/N-ethyl adjacent to an activating group) is 1. The van der Waals surface area contributed by atoms with Gasteiger partial charge in [-0.25, -0.2) is 12.7 Å². The predicted octanol–water partition coefficient (Wildman–Crippen LogP) is 1.28. The van der Waals surface area contributed by atoms with Crippen molar-refractivity contribution < 1.29 is 13.2 Å². The van der Waals surface area contributed by atoms with Crippen molar-refractivity contribution in [2.24, 2.45) is 0 Å². The molecule has 0 heterocycles. The lowest BCUT2D eigenvalue weighted by molar-refractivity contribution is -0.122. The molecule has 0 saturated carbocycles. The maximum atomic E-state index is 12.2. The molecule has 1 N–H and O–H groups in total. The van der Waals surface area contributed by atoms with Gasteiger partial charge in [0, 0.05) is 26.7 Å². The van der Waals surface area contributed by atoms with Crippen molar-refractivity contribution in [3.8, 4) is 0 Å². The Morgan fingerprint density at radius 2 is 1.91 bits per heavy atom. The van der Waals surface area contributed by atoms with Crippen LogP contribution in [-0.4, -0.2) is 56.8 Å². The summed E-state index contributed by atoms with van der Waals surface area (Å²) in [6, 6.07) is 6.96. The Hall–Kier alpha value is -1.44. The first-order valence-electron chi connectivity index (χ1n) is 7.70. The van der Waals surface area contributed by atoms with Gasteiger partial charge in [-0.05, 0) is 38.1 Å². The first-order chi connectivity index (χ1) is 10.7. The monoisotopic (exact) mass is 341 g/mol. The highest BCUT2D eigenvalue weighted by molar-refractivity contribution is 7.89. The predicted molar refractivity (Wildman–Crippen MR) is 91.5 cm³/mol. The molecular weight excluding hydrogens is 314 g/mol. The Balaban J connectivity index is 2.85. The summed E-state index contributed by atoms with van der Waals surface area (Å²) in [5.74, 6) is -0.0288. The van der Waals surface area contributed by atoms with Crippen LogP contribution in [0.1, 0.15) is 26.3 Å². The summed E-state index contributed by atoms with van der Waals surface area (Å²) >= 11 is 0. The fraction of sp³-hybridized carbons (Fsp3) is 0.562. The molecule has 6 nitrogen and oxygen atoms in total. The molecule has 0 atom stereocenters. The molecular formula is C16H27N3O3S. The maximum Gasteiger partial charge on any atom is 0.242 e. The molecule has 0 fully saturated rings. The van der Waals surface area contributed by atoms with E-state index in [1.807, 2.05) is 31.7 Å². The Kier molecular flexibility index (Phi) is 7.18. The number of benzene rings is 1. The van der Waals surface area contributed by atoms with Crippen molar-refractivity contribution in [3.63, 3.8) is 0 Å². The molecule has 0 unspecified atom stereocenters. The standard InChI is InChI=1S/C16H27N3O3S/c1-6-19(12-16(20)17-13(2)3)11-14-8-7-9-15(10-14)23(21,22)18(4)5/h7-10,13H,6,11-12H2,1-5H3,(H,17,20). The van der Waals surface area contributed by atoms with Gasteiger partial charge in [-0.1, -0.05) is 19.1 Å². The third-order valence-electron chi connectivity index (χ3n) is 3.35. The fourth-order valence-corrected chi connectivity index (χ4v) is 3.10. The number of hydrogen-bond acceptors (Lipinski definition) is 4. The normalized spacial score (nSPS) is 12.2. The number of rotatable bonds is 8. The molecule has 0 aliphatic rings. The second kappa shape index (κ2) is 8.42. The van der Waals surface area contributed by atoms with Gasteiger partial charge >= 0.3 is 0 Å². The summed E-state index contributed by atoms with van der Waals surface area (Å²) in [6.07, 6.45) is 0. The van der Waals surface area contributed by atoms with Crippen LogP contribution in [0.2, 0.25) is 0 Å². The number of carbonyl (C=O) groups excluding carboxylic acids is 1. The number of carbonyl (C=O) groups is 1. The molecule has 0 aliphatic heterocycles. The van der Waals surface area contributed by atoms with E-state index in [2.05, 4.69) is 5.32 Å². The average molecular weight is 341 g/mol. The number of hydrogen-bond donors (Lipinski definition) is 1. The summed E-state index contributed by atoms with van der Waals surface area (Å²) < 4.78 is 25.6. The van der Waals surface area contributed by atoms with Gasteiger partial charge in [0.1, 0.15) is 0 Å². The Labute approximate surface area is 139 Å². The van der Waals surface area contributed by atoms with Crippen molar-refractivity contribution >= 4 is 15.9 Å². The zero-order chi connectivity index (χ0) is 17.6. The van der Waals surface area contributed by atoms with Crippen LogP contribution in [0.15, 0.2) is 29.2 Å². The minimum absolute atomic E-state index is 0.0288. The number of sulfonamides is 1. The summed E-state index contributed by atoms with van der Waals surface area (Å²) in [5.41, 5.74) is 0.868. The van der Waals surface area contributed by atoms with Crippen LogP contribution >= 0.6 is 0 Å². The van der Waals surface area contributed by atoms with Gasteiger partial charge in [0.15, 0.2) is 0 Å². The Morgan fingerprint density at radius 1 is 1.26 bits per heavy atom. The summed E-state index contributed by atoms with van der Waals surface area (Å²) in [7, 11) is -0.424. The second-order valence-corrected chi connectivity index (χ2v) is 8.11. The maximum absolute atomic E-state index is 12.2. The molecule has 0 spiro atoms. The van der Waals surface area contributed by atoms with E-state index >= 15 is 0 Å². The highest BCUT2D eigenvalue weighted by atomic mass is 32.2. The zero-order valence-corrected chi connectivity index (χ0v) is 15.4. The van der Waals surface area contributed by atoms with Crippen LogP contribution in [0.4, 0.5) is 0 Å². The average Bonchev–Trinajstić information content (AvgIpc) is 2.45. The molecule has 0 bridgehead atoms. The first-order valence-corrected chi connectivity index (χ1v) is 9.14. The van der Waals surface area contributed by atoms with E-state index in [0.717, 1.165) is 5.56 Å². The quantitative estimate of drug-likeness (QED) is 0.773. The molecule has 0 aliphatic carbocycles. The van der Waals surface area contributed by atoms with Crippen LogP contribution in [0, 0.1) is 0 Å². The Bertz CT molecular complexity index is 627. The summed E-state index contributed by atoms with van der Waals surface area (Å²) in [5, 5.41) is 2.86. The molecule has 7 heteroatoms. The SMILES string of the molecule is CCN(CC(=O)NC(C)C)Cc1cccc(S(=O)(=O)N(C)C)c1. The third kappa shape index (κ3) is 5.93. The van der Waals surface area contributed by atoms with E-state index in [1.54, 1.807) is 18.2 Å². The van der Waals surface area contributed by atoms with Crippen molar-refractivity contribution in [3.05, 3.63) is 29.8 Å². The number of amides is 1. The van der Waals surface area contributed by atoms with Crippen molar-refractivity contribution in [1.82, 2.24) is 14.5 Å². The van der Waals surface area contributed by atoms with Gasteiger partial charge in [0.05, 0.1) is 11.4 Å². The van der Waals surface area contributed by atoms with Crippen LogP contribution in [0.25, 0.3) is 0 Å². The van der Waals surface area contributed by atoms with E-state index in [4.69, 9.17) is 0 Å². The van der Waals surface area contributed by atoms with Crippen molar-refractivity contribution in [2.45, 2.75) is 38.3 Å².